The molecule has 0 fully saturated rings. The fourth-order valence-electron chi connectivity index (χ4n) is 5.11. The maximum atomic E-state index is 13.9. The standard InChI is InChI=1S/C33H30N4O2S2/c1-21-12-18-26(19-13-21)37-32(39)30-27-10-6-7-11-28(27)41-31(30)34-33(37)40-20-29(38)36-35-22(2)23-14-16-25(17-15-23)24-8-4-3-5-9-24/h3-5,8-9,12-19H,6-7,10-11,20H2,1-2H3,(H,36,38)/b35-22-. The second-order valence-corrected chi connectivity index (χ2v) is 12.3. The van der Waals surface area contributed by atoms with Gasteiger partial charge < -0.3 is 0 Å². The van der Waals surface area contributed by atoms with Gasteiger partial charge in [-0.1, -0.05) is 84.1 Å². The summed E-state index contributed by atoms with van der Waals surface area (Å²) in [5, 5.41) is 5.57. The van der Waals surface area contributed by atoms with Crippen molar-refractivity contribution in [2.45, 2.75) is 44.7 Å². The van der Waals surface area contributed by atoms with E-state index in [0.29, 0.717) is 10.9 Å². The largest absolute Gasteiger partial charge is 0.272 e. The molecule has 8 heteroatoms. The number of thioether (sulfide) groups is 1. The summed E-state index contributed by atoms with van der Waals surface area (Å²) < 4.78 is 1.66. The van der Waals surface area contributed by atoms with Gasteiger partial charge in [-0.25, -0.2) is 10.4 Å². The zero-order valence-electron chi connectivity index (χ0n) is 23.0. The summed E-state index contributed by atoms with van der Waals surface area (Å²) in [7, 11) is 0. The minimum absolute atomic E-state index is 0.0611. The van der Waals surface area contributed by atoms with E-state index >= 15 is 0 Å². The van der Waals surface area contributed by atoms with Crippen LogP contribution in [0.1, 0.15) is 41.3 Å². The maximum absolute atomic E-state index is 13.9. The second kappa shape index (κ2) is 11.8. The van der Waals surface area contributed by atoms with Crippen molar-refractivity contribution in [2.75, 3.05) is 5.75 Å². The molecule has 0 radical (unpaired) electrons. The lowest BCUT2D eigenvalue weighted by Crippen LogP contribution is -2.24. The summed E-state index contributed by atoms with van der Waals surface area (Å²) in [6.07, 6.45) is 4.15. The van der Waals surface area contributed by atoms with Crippen LogP contribution in [-0.4, -0.2) is 26.9 Å². The predicted octanol–water partition coefficient (Wildman–Crippen LogP) is 6.93. The van der Waals surface area contributed by atoms with E-state index in [4.69, 9.17) is 4.98 Å². The van der Waals surface area contributed by atoms with Crippen molar-refractivity contribution in [3.8, 4) is 16.8 Å². The number of hydrazone groups is 1. The summed E-state index contributed by atoms with van der Waals surface area (Å²) in [6, 6.07) is 26.1. The van der Waals surface area contributed by atoms with Crippen molar-refractivity contribution in [2.24, 2.45) is 5.10 Å². The van der Waals surface area contributed by atoms with E-state index in [1.165, 1.54) is 16.6 Å². The van der Waals surface area contributed by atoms with E-state index in [1.807, 2.05) is 68.4 Å². The lowest BCUT2D eigenvalue weighted by atomic mass is 9.97. The quantitative estimate of drug-likeness (QED) is 0.0983. The summed E-state index contributed by atoms with van der Waals surface area (Å²) in [4.78, 5) is 33.7. The minimum Gasteiger partial charge on any atom is -0.272 e. The number of thiophene rings is 1. The molecule has 2 heterocycles. The number of benzene rings is 3. The van der Waals surface area contributed by atoms with Crippen LogP contribution in [0.25, 0.3) is 27.0 Å². The predicted molar refractivity (Wildman–Crippen MR) is 170 cm³/mol. The van der Waals surface area contributed by atoms with Crippen LogP contribution < -0.4 is 11.0 Å². The van der Waals surface area contributed by atoms with Gasteiger partial charge in [0.2, 0.25) is 0 Å². The van der Waals surface area contributed by atoms with Crippen LogP contribution in [-0.2, 0) is 17.6 Å². The number of hydrogen-bond donors (Lipinski definition) is 1. The topological polar surface area (TPSA) is 76.3 Å². The van der Waals surface area contributed by atoms with Gasteiger partial charge >= 0.3 is 0 Å². The number of carbonyl (C=O) groups is 1. The Kier molecular flexibility index (Phi) is 7.85. The van der Waals surface area contributed by atoms with Gasteiger partial charge in [-0.3, -0.25) is 14.2 Å². The molecule has 3 aromatic carbocycles. The first kappa shape index (κ1) is 27.2. The fraction of sp³-hybridized carbons (Fsp3) is 0.212. The summed E-state index contributed by atoms with van der Waals surface area (Å²) in [6.45, 7) is 3.89. The van der Waals surface area contributed by atoms with E-state index in [-0.39, 0.29) is 17.2 Å². The SMILES string of the molecule is C/C(=N/NC(=O)CSc1nc2sc3c(c2c(=O)n1-c1ccc(C)cc1)CCCC3)c1ccc(-c2ccccc2)cc1. The van der Waals surface area contributed by atoms with Gasteiger partial charge in [0.05, 0.1) is 22.5 Å². The number of hydrogen-bond acceptors (Lipinski definition) is 6. The van der Waals surface area contributed by atoms with Crippen molar-refractivity contribution >= 4 is 44.9 Å². The zero-order chi connectivity index (χ0) is 28.3. The minimum atomic E-state index is -0.259. The lowest BCUT2D eigenvalue weighted by molar-refractivity contribution is -0.118. The molecule has 2 aromatic heterocycles. The highest BCUT2D eigenvalue weighted by atomic mass is 32.2. The van der Waals surface area contributed by atoms with Crippen LogP contribution in [0.15, 0.2) is 93.9 Å². The summed E-state index contributed by atoms with van der Waals surface area (Å²) in [5.74, 6) is -0.177. The fourth-order valence-corrected chi connectivity index (χ4v) is 7.22. The zero-order valence-corrected chi connectivity index (χ0v) is 24.6. The number of fused-ring (bicyclic) bond motifs is 3. The maximum Gasteiger partial charge on any atom is 0.267 e. The van der Waals surface area contributed by atoms with E-state index in [9.17, 15) is 9.59 Å². The Bertz CT molecular complexity index is 1810. The first-order chi connectivity index (χ1) is 20.0. The number of aromatic nitrogens is 2. The number of carbonyl (C=O) groups excluding carboxylic acids is 1. The van der Waals surface area contributed by atoms with Gasteiger partial charge in [0.25, 0.3) is 11.5 Å². The van der Waals surface area contributed by atoms with Crippen LogP contribution in [0.4, 0.5) is 0 Å². The summed E-state index contributed by atoms with van der Waals surface area (Å²) in [5.41, 5.74) is 9.55. The molecule has 1 aliphatic carbocycles. The Labute approximate surface area is 247 Å². The van der Waals surface area contributed by atoms with Gasteiger partial charge in [0, 0.05) is 4.88 Å². The summed E-state index contributed by atoms with van der Waals surface area (Å²) >= 11 is 2.87. The number of nitrogens with one attached hydrogen (secondary N) is 1. The van der Waals surface area contributed by atoms with E-state index in [2.05, 4.69) is 34.8 Å². The number of aryl methyl sites for hydroxylation is 3. The molecule has 6 nitrogen and oxygen atoms in total. The number of rotatable bonds is 7. The third-order valence-electron chi connectivity index (χ3n) is 7.34. The third-order valence-corrected chi connectivity index (χ3v) is 9.47. The molecule has 1 amide bonds. The van der Waals surface area contributed by atoms with Gasteiger partial charge in [-0.05, 0) is 73.9 Å². The molecule has 1 aliphatic rings. The molecule has 1 N–H and O–H groups in total. The Morgan fingerprint density at radius 1 is 0.976 bits per heavy atom. The molecule has 0 bridgehead atoms. The second-order valence-electron chi connectivity index (χ2n) is 10.2. The average molecular weight is 579 g/mol. The van der Waals surface area contributed by atoms with Gasteiger partial charge in [-0.15, -0.1) is 11.3 Å². The molecule has 206 valence electrons. The van der Waals surface area contributed by atoms with Crippen molar-refractivity contribution < 1.29 is 4.79 Å². The molecule has 6 rings (SSSR count). The third kappa shape index (κ3) is 5.76. The first-order valence-electron chi connectivity index (χ1n) is 13.7. The first-order valence-corrected chi connectivity index (χ1v) is 15.5. The molecule has 0 saturated heterocycles. The highest BCUT2D eigenvalue weighted by Crippen LogP contribution is 2.35. The average Bonchev–Trinajstić information content (AvgIpc) is 3.39. The molecule has 0 unspecified atom stereocenters. The highest BCUT2D eigenvalue weighted by molar-refractivity contribution is 7.99. The van der Waals surface area contributed by atoms with Crippen LogP contribution in [0, 0.1) is 6.92 Å². The van der Waals surface area contributed by atoms with Crippen LogP contribution in [0.5, 0.6) is 0 Å². The Morgan fingerprint density at radius 3 is 2.44 bits per heavy atom. The van der Waals surface area contributed by atoms with E-state index < -0.39 is 0 Å². The Hall–Kier alpha value is -4.01. The van der Waals surface area contributed by atoms with E-state index in [1.54, 1.807) is 15.9 Å². The van der Waals surface area contributed by atoms with E-state index in [0.717, 1.165) is 69.4 Å². The van der Waals surface area contributed by atoms with Crippen LogP contribution in [0.2, 0.25) is 0 Å². The highest BCUT2D eigenvalue weighted by Gasteiger charge is 2.23. The van der Waals surface area contributed by atoms with Crippen molar-refractivity contribution in [3.63, 3.8) is 0 Å². The molecule has 0 saturated carbocycles. The van der Waals surface area contributed by atoms with Gasteiger partial charge in [0.15, 0.2) is 5.16 Å². The Balaban J connectivity index is 1.21. The number of amides is 1. The molecule has 0 spiro atoms. The normalized spacial score (nSPS) is 13.3. The van der Waals surface area contributed by atoms with Crippen LogP contribution >= 0.6 is 23.1 Å². The molecule has 0 atom stereocenters. The lowest BCUT2D eigenvalue weighted by Gasteiger charge is -2.13. The van der Waals surface area contributed by atoms with Gasteiger partial charge in [-0.2, -0.15) is 5.10 Å². The number of nitrogens with zero attached hydrogens (tertiary/aromatic N) is 3. The molecule has 41 heavy (non-hydrogen) atoms. The van der Waals surface area contributed by atoms with Crippen LogP contribution in [0.3, 0.4) is 0 Å². The van der Waals surface area contributed by atoms with Gasteiger partial charge in [0.1, 0.15) is 4.83 Å². The van der Waals surface area contributed by atoms with Crippen molar-refractivity contribution in [3.05, 3.63) is 111 Å². The molecule has 5 aromatic rings. The Morgan fingerprint density at radius 2 is 1.68 bits per heavy atom. The smallest absolute Gasteiger partial charge is 0.267 e. The monoisotopic (exact) mass is 578 g/mol. The molecular formula is C33H30N4O2S2. The molecular weight excluding hydrogens is 549 g/mol. The van der Waals surface area contributed by atoms with Crippen molar-refractivity contribution in [1.82, 2.24) is 15.0 Å². The molecule has 0 aliphatic heterocycles. The van der Waals surface area contributed by atoms with Crippen molar-refractivity contribution in [1.29, 1.82) is 0 Å².